The monoisotopic (exact) mass is 316 g/mol. The molecule has 1 saturated carbocycles. The predicted octanol–water partition coefficient (Wildman–Crippen LogP) is 1.50. The number of carbonyl (C=O) groups is 2. The lowest BCUT2D eigenvalue weighted by Crippen LogP contribution is -2.40. The number of Topliss-reactive ketones (excluding diaryl/α,β-unsaturated/α-hetero) is 1. The first-order valence-corrected chi connectivity index (χ1v) is 8.31. The Balaban J connectivity index is 1.50. The van der Waals surface area contributed by atoms with E-state index in [1.807, 2.05) is 12.1 Å². The van der Waals surface area contributed by atoms with E-state index in [9.17, 15) is 9.59 Å². The van der Waals surface area contributed by atoms with Crippen LogP contribution in [0.1, 0.15) is 30.9 Å². The maximum Gasteiger partial charge on any atom is 0.224 e. The SMILES string of the molecule is CC1CN(Cc2cccc(CNC(=O)C3CC(=O)C3)c2)CCO1. The average molecular weight is 316 g/mol. The zero-order chi connectivity index (χ0) is 16.2. The van der Waals surface area contributed by atoms with Crippen molar-refractivity contribution < 1.29 is 14.3 Å². The summed E-state index contributed by atoms with van der Waals surface area (Å²) < 4.78 is 5.57. The summed E-state index contributed by atoms with van der Waals surface area (Å²) in [5, 5.41) is 2.93. The number of nitrogens with one attached hydrogen (secondary N) is 1. The van der Waals surface area contributed by atoms with Crippen LogP contribution in [0.25, 0.3) is 0 Å². The van der Waals surface area contributed by atoms with Crippen molar-refractivity contribution in [2.45, 2.75) is 39.0 Å². The zero-order valence-electron chi connectivity index (χ0n) is 13.6. The van der Waals surface area contributed by atoms with Gasteiger partial charge in [-0.15, -0.1) is 0 Å². The van der Waals surface area contributed by atoms with Crippen LogP contribution < -0.4 is 5.32 Å². The average Bonchev–Trinajstić information content (AvgIpc) is 2.50. The van der Waals surface area contributed by atoms with E-state index in [0.717, 1.165) is 31.8 Å². The highest BCUT2D eigenvalue weighted by Crippen LogP contribution is 2.22. The van der Waals surface area contributed by atoms with E-state index >= 15 is 0 Å². The minimum absolute atomic E-state index is 0.00277. The largest absolute Gasteiger partial charge is 0.376 e. The molecule has 1 aromatic carbocycles. The first-order valence-electron chi connectivity index (χ1n) is 8.31. The maximum atomic E-state index is 11.9. The van der Waals surface area contributed by atoms with Crippen LogP contribution in [0, 0.1) is 5.92 Å². The van der Waals surface area contributed by atoms with Crippen molar-refractivity contribution in [3.05, 3.63) is 35.4 Å². The lowest BCUT2D eigenvalue weighted by molar-refractivity contribution is -0.138. The number of benzene rings is 1. The van der Waals surface area contributed by atoms with Gasteiger partial charge in [-0.3, -0.25) is 14.5 Å². The van der Waals surface area contributed by atoms with Crippen molar-refractivity contribution in [3.8, 4) is 0 Å². The predicted molar refractivity (Wildman–Crippen MR) is 86.7 cm³/mol. The molecule has 1 aliphatic heterocycles. The van der Waals surface area contributed by atoms with Gasteiger partial charge in [-0.05, 0) is 18.1 Å². The molecule has 1 amide bonds. The number of morpholine rings is 1. The van der Waals surface area contributed by atoms with E-state index in [1.54, 1.807) is 0 Å². The minimum Gasteiger partial charge on any atom is -0.376 e. The maximum absolute atomic E-state index is 11.9. The molecule has 1 saturated heterocycles. The number of nitrogens with zero attached hydrogens (tertiary/aromatic N) is 1. The van der Waals surface area contributed by atoms with E-state index in [2.05, 4.69) is 29.3 Å². The topological polar surface area (TPSA) is 58.6 Å². The molecular weight excluding hydrogens is 292 g/mol. The van der Waals surface area contributed by atoms with E-state index < -0.39 is 0 Å². The fraction of sp³-hybridized carbons (Fsp3) is 0.556. The molecule has 1 heterocycles. The van der Waals surface area contributed by atoms with Gasteiger partial charge in [0.2, 0.25) is 5.91 Å². The second kappa shape index (κ2) is 7.23. The molecule has 2 fully saturated rings. The van der Waals surface area contributed by atoms with E-state index in [1.165, 1.54) is 5.56 Å². The Kier molecular flexibility index (Phi) is 5.08. The Bertz CT molecular complexity index is 579. The molecular formula is C18H24N2O3. The van der Waals surface area contributed by atoms with Gasteiger partial charge in [-0.1, -0.05) is 24.3 Å². The van der Waals surface area contributed by atoms with Gasteiger partial charge < -0.3 is 10.1 Å². The van der Waals surface area contributed by atoms with Crippen molar-refractivity contribution >= 4 is 11.7 Å². The molecule has 3 rings (SSSR count). The van der Waals surface area contributed by atoms with Crippen LogP contribution in [0.3, 0.4) is 0 Å². The van der Waals surface area contributed by atoms with Gasteiger partial charge in [0.1, 0.15) is 5.78 Å². The number of ether oxygens (including phenoxy) is 1. The molecule has 124 valence electrons. The number of ketones is 1. The summed E-state index contributed by atoms with van der Waals surface area (Å²) in [5.41, 5.74) is 2.35. The number of rotatable bonds is 5. The molecule has 23 heavy (non-hydrogen) atoms. The standard InChI is InChI=1S/C18H24N2O3/c1-13-11-20(5-6-23-13)12-15-4-2-3-14(7-15)10-19-18(22)16-8-17(21)9-16/h2-4,7,13,16H,5-6,8-12H2,1H3,(H,19,22). The van der Waals surface area contributed by atoms with Gasteiger partial charge in [-0.2, -0.15) is 0 Å². The van der Waals surface area contributed by atoms with Crippen LogP contribution >= 0.6 is 0 Å². The van der Waals surface area contributed by atoms with Crippen molar-refractivity contribution in [1.29, 1.82) is 0 Å². The fourth-order valence-electron chi connectivity index (χ4n) is 3.14. The molecule has 1 N–H and O–H groups in total. The highest BCUT2D eigenvalue weighted by molar-refractivity contribution is 5.96. The van der Waals surface area contributed by atoms with Gasteiger partial charge in [0.05, 0.1) is 18.6 Å². The quantitative estimate of drug-likeness (QED) is 0.894. The Morgan fingerprint density at radius 2 is 2.13 bits per heavy atom. The van der Waals surface area contributed by atoms with Crippen LogP contribution in [0.2, 0.25) is 0 Å². The Labute approximate surface area is 137 Å². The fourth-order valence-corrected chi connectivity index (χ4v) is 3.14. The molecule has 5 nitrogen and oxygen atoms in total. The molecule has 0 spiro atoms. The molecule has 1 atom stereocenters. The van der Waals surface area contributed by atoms with Gasteiger partial charge in [-0.25, -0.2) is 0 Å². The second-order valence-corrected chi connectivity index (χ2v) is 6.60. The molecule has 1 aliphatic carbocycles. The second-order valence-electron chi connectivity index (χ2n) is 6.60. The van der Waals surface area contributed by atoms with Crippen LogP contribution in [0.5, 0.6) is 0 Å². The smallest absolute Gasteiger partial charge is 0.224 e. The van der Waals surface area contributed by atoms with Crippen LogP contribution in [-0.2, 0) is 27.4 Å². The number of hydrogen-bond acceptors (Lipinski definition) is 4. The van der Waals surface area contributed by atoms with E-state index in [4.69, 9.17) is 4.74 Å². The number of amides is 1. The first kappa shape index (κ1) is 16.1. The Morgan fingerprint density at radius 3 is 2.87 bits per heavy atom. The van der Waals surface area contributed by atoms with Crippen molar-refractivity contribution in [1.82, 2.24) is 10.2 Å². The highest BCUT2D eigenvalue weighted by Gasteiger charge is 2.32. The minimum atomic E-state index is -0.111. The van der Waals surface area contributed by atoms with Crippen LogP contribution in [0.15, 0.2) is 24.3 Å². The summed E-state index contributed by atoms with van der Waals surface area (Å²) in [6, 6.07) is 8.33. The summed E-state index contributed by atoms with van der Waals surface area (Å²) in [4.78, 5) is 25.2. The van der Waals surface area contributed by atoms with E-state index in [-0.39, 0.29) is 23.7 Å². The summed E-state index contributed by atoms with van der Waals surface area (Å²) in [7, 11) is 0. The van der Waals surface area contributed by atoms with Gasteiger partial charge in [0.25, 0.3) is 0 Å². The van der Waals surface area contributed by atoms with Crippen LogP contribution in [0.4, 0.5) is 0 Å². The van der Waals surface area contributed by atoms with Crippen molar-refractivity contribution in [2.75, 3.05) is 19.7 Å². The summed E-state index contributed by atoms with van der Waals surface area (Å²) in [6.07, 6.45) is 1.10. The molecule has 1 unspecified atom stereocenters. The van der Waals surface area contributed by atoms with Gasteiger partial charge in [0.15, 0.2) is 0 Å². The highest BCUT2D eigenvalue weighted by atomic mass is 16.5. The third kappa shape index (κ3) is 4.39. The third-order valence-corrected chi connectivity index (χ3v) is 4.51. The molecule has 5 heteroatoms. The van der Waals surface area contributed by atoms with Crippen LogP contribution in [-0.4, -0.2) is 42.4 Å². The van der Waals surface area contributed by atoms with Gasteiger partial charge in [0, 0.05) is 39.0 Å². The summed E-state index contributed by atoms with van der Waals surface area (Å²) in [6.45, 7) is 6.24. The van der Waals surface area contributed by atoms with Crippen molar-refractivity contribution in [3.63, 3.8) is 0 Å². The van der Waals surface area contributed by atoms with Crippen molar-refractivity contribution in [2.24, 2.45) is 5.92 Å². The molecule has 0 bridgehead atoms. The molecule has 0 aromatic heterocycles. The molecule has 2 aliphatic rings. The lowest BCUT2D eigenvalue weighted by atomic mass is 9.83. The lowest BCUT2D eigenvalue weighted by Gasteiger charge is -2.31. The summed E-state index contributed by atoms with van der Waals surface area (Å²) >= 11 is 0. The third-order valence-electron chi connectivity index (χ3n) is 4.51. The number of hydrogen-bond donors (Lipinski definition) is 1. The number of carbonyl (C=O) groups excluding carboxylic acids is 2. The Hall–Kier alpha value is -1.72. The zero-order valence-corrected chi connectivity index (χ0v) is 13.6. The molecule has 0 radical (unpaired) electrons. The molecule has 1 aromatic rings. The van der Waals surface area contributed by atoms with Gasteiger partial charge >= 0.3 is 0 Å². The Morgan fingerprint density at radius 1 is 1.35 bits per heavy atom. The normalized spacial score (nSPS) is 22.7. The first-order chi connectivity index (χ1) is 11.1. The van der Waals surface area contributed by atoms with E-state index in [0.29, 0.717) is 19.4 Å². The summed E-state index contributed by atoms with van der Waals surface area (Å²) in [5.74, 6) is 0.0735.